The molecule has 3 N–H and O–H groups in total. The number of aliphatic hydroxyl groups excluding tert-OH is 2. The van der Waals surface area contributed by atoms with Gasteiger partial charge in [0.2, 0.25) is 5.91 Å². The standard InChI is InChI=1S/C51H95NO3/c1-3-5-7-9-11-13-15-17-19-20-21-22-23-24-25-26-27-28-29-30-31-33-34-36-38-40-42-44-46-50(54)49(48-53)52-51(55)47-45-43-41-39-37-35-32-18-16-14-12-10-8-6-4-2/h6,8,12,14,18,32,37,39,49-50,53-54H,3-5,7,9-11,13,15-17,19-31,33-36,38,40-48H2,1-2H3,(H,52,55)/b8-6-,14-12-,32-18-,39-37-. The molecule has 55 heavy (non-hydrogen) atoms. The minimum atomic E-state index is -0.678. The third kappa shape index (κ3) is 43.3. The van der Waals surface area contributed by atoms with Crippen LogP contribution >= 0.6 is 0 Å². The van der Waals surface area contributed by atoms with E-state index in [1.165, 1.54) is 167 Å². The van der Waals surface area contributed by atoms with Crippen molar-refractivity contribution in [1.29, 1.82) is 0 Å². The molecular weight excluding hydrogens is 675 g/mol. The quantitative estimate of drug-likeness (QED) is 0.0427. The zero-order chi connectivity index (χ0) is 40.0. The summed E-state index contributed by atoms with van der Waals surface area (Å²) >= 11 is 0. The SMILES string of the molecule is CC/C=C\C/C=C\C/C=C\C/C=C\CCCCC(=O)NC(CO)C(O)CCCCCCCCCCCCCCCCCCCCCCCCCCCCCC. The summed E-state index contributed by atoms with van der Waals surface area (Å²) in [6.45, 7) is 4.24. The van der Waals surface area contributed by atoms with Crippen molar-refractivity contribution >= 4 is 5.91 Å². The molecule has 2 unspecified atom stereocenters. The first-order valence-corrected chi connectivity index (χ1v) is 24.3. The first-order valence-electron chi connectivity index (χ1n) is 24.3. The van der Waals surface area contributed by atoms with E-state index >= 15 is 0 Å². The summed E-state index contributed by atoms with van der Waals surface area (Å²) in [6, 6.07) is -0.559. The lowest BCUT2D eigenvalue weighted by molar-refractivity contribution is -0.123. The highest BCUT2D eigenvalue weighted by Gasteiger charge is 2.19. The van der Waals surface area contributed by atoms with Crippen molar-refractivity contribution in [3.63, 3.8) is 0 Å². The van der Waals surface area contributed by atoms with Gasteiger partial charge < -0.3 is 15.5 Å². The fourth-order valence-corrected chi connectivity index (χ4v) is 7.41. The van der Waals surface area contributed by atoms with E-state index in [0.717, 1.165) is 57.8 Å². The van der Waals surface area contributed by atoms with Crippen molar-refractivity contribution in [2.45, 2.75) is 264 Å². The van der Waals surface area contributed by atoms with Crippen LogP contribution < -0.4 is 5.32 Å². The molecule has 0 saturated heterocycles. The maximum absolute atomic E-state index is 12.4. The molecule has 0 fully saturated rings. The number of aliphatic hydroxyl groups is 2. The second kappa shape index (κ2) is 46.7. The van der Waals surface area contributed by atoms with E-state index in [9.17, 15) is 15.0 Å². The van der Waals surface area contributed by atoms with Crippen LogP contribution in [0.25, 0.3) is 0 Å². The maximum Gasteiger partial charge on any atom is 0.220 e. The number of unbranched alkanes of at least 4 members (excludes halogenated alkanes) is 29. The van der Waals surface area contributed by atoms with Crippen molar-refractivity contribution in [3.8, 4) is 0 Å². The number of rotatable bonds is 44. The molecule has 0 aliphatic carbocycles. The molecular formula is C51H95NO3. The summed E-state index contributed by atoms with van der Waals surface area (Å²) in [4.78, 5) is 12.4. The first-order chi connectivity index (χ1) is 27.2. The van der Waals surface area contributed by atoms with Gasteiger partial charge in [0.05, 0.1) is 18.8 Å². The van der Waals surface area contributed by atoms with E-state index in [-0.39, 0.29) is 12.5 Å². The van der Waals surface area contributed by atoms with Crippen molar-refractivity contribution in [2.24, 2.45) is 0 Å². The third-order valence-electron chi connectivity index (χ3n) is 11.1. The zero-order valence-electron chi connectivity index (χ0n) is 36.9. The normalized spacial score (nSPS) is 13.3. The Balaban J connectivity index is 3.48. The molecule has 0 aliphatic heterocycles. The lowest BCUT2D eigenvalue weighted by Crippen LogP contribution is -2.45. The molecule has 322 valence electrons. The van der Waals surface area contributed by atoms with Crippen LogP contribution in [0.1, 0.15) is 251 Å². The average Bonchev–Trinajstić information content (AvgIpc) is 3.19. The topological polar surface area (TPSA) is 69.6 Å². The molecule has 0 bridgehead atoms. The van der Waals surface area contributed by atoms with Gasteiger partial charge in [0.25, 0.3) is 0 Å². The van der Waals surface area contributed by atoms with Crippen molar-refractivity contribution < 1.29 is 15.0 Å². The van der Waals surface area contributed by atoms with Crippen LogP contribution in [-0.4, -0.2) is 34.9 Å². The Hall–Kier alpha value is -1.65. The number of nitrogens with one attached hydrogen (secondary N) is 1. The summed E-state index contributed by atoms with van der Waals surface area (Å²) in [5.41, 5.74) is 0. The zero-order valence-corrected chi connectivity index (χ0v) is 36.9. The van der Waals surface area contributed by atoms with E-state index in [1.807, 2.05) is 0 Å². The van der Waals surface area contributed by atoms with Gasteiger partial charge in [0, 0.05) is 6.42 Å². The minimum absolute atomic E-state index is 0.0707. The molecule has 0 aromatic rings. The highest BCUT2D eigenvalue weighted by Crippen LogP contribution is 2.17. The Morgan fingerprint density at radius 2 is 0.800 bits per heavy atom. The number of hydrogen-bond donors (Lipinski definition) is 3. The van der Waals surface area contributed by atoms with E-state index in [1.54, 1.807) is 0 Å². The molecule has 0 saturated carbocycles. The van der Waals surface area contributed by atoms with Gasteiger partial charge in [-0.3, -0.25) is 4.79 Å². The van der Waals surface area contributed by atoms with Gasteiger partial charge in [-0.25, -0.2) is 0 Å². The van der Waals surface area contributed by atoms with Gasteiger partial charge >= 0.3 is 0 Å². The smallest absolute Gasteiger partial charge is 0.220 e. The predicted molar refractivity (Wildman–Crippen MR) is 244 cm³/mol. The van der Waals surface area contributed by atoms with Crippen LogP contribution in [0.2, 0.25) is 0 Å². The van der Waals surface area contributed by atoms with Crippen molar-refractivity contribution in [1.82, 2.24) is 5.32 Å². The highest BCUT2D eigenvalue weighted by molar-refractivity contribution is 5.76. The second-order valence-corrected chi connectivity index (χ2v) is 16.5. The molecule has 0 rings (SSSR count). The molecule has 0 aromatic heterocycles. The Bertz CT molecular complexity index is 877. The largest absolute Gasteiger partial charge is 0.394 e. The lowest BCUT2D eigenvalue weighted by Gasteiger charge is -2.22. The summed E-state index contributed by atoms with van der Waals surface area (Å²) in [5.74, 6) is -0.0707. The van der Waals surface area contributed by atoms with Gasteiger partial charge in [-0.1, -0.05) is 242 Å². The van der Waals surface area contributed by atoms with E-state index in [0.29, 0.717) is 12.8 Å². The van der Waals surface area contributed by atoms with Crippen LogP contribution in [0.15, 0.2) is 48.6 Å². The molecule has 0 radical (unpaired) electrons. The third-order valence-corrected chi connectivity index (χ3v) is 11.1. The van der Waals surface area contributed by atoms with E-state index < -0.39 is 12.1 Å². The molecule has 0 aliphatic rings. The van der Waals surface area contributed by atoms with Crippen LogP contribution in [-0.2, 0) is 4.79 Å². The average molecular weight is 770 g/mol. The van der Waals surface area contributed by atoms with E-state index in [2.05, 4.69) is 67.8 Å². The summed E-state index contributed by atoms with van der Waals surface area (Å²) < 4.78 is 0. The lowest BCUT2D eigenvalue weighted by atomic mass is 10.0. The Morgan fingerprint density at radius 1 is 0.455 bits per heavy atom. The van der Waals surface area contributed by atoms with Gasteiger partial charge in [-0.05, 0) is 51.4 Å². The van der Waals surface area contributed by atoms with Gasteiger partial charge in [-0.15, -0.1) is 0 Å². The number of hydrogen-bond acceptors (Lipinski definition) is 3. The molecule has 0 heterocycles. The number of amides is 1. The van der Waals surface area contributed by atoms with E-state index in [4.69, 9.17) is 0 Å². The van der Waals surface area contributed by atoms with Crippen LogP contribution in [0.5, 0.6) is 0 Å². The van der Waals surface area contributed by atoms with Gasteiger partial charge in [0.1, 0.15) is 0 Å². The predicted octanol–water partition coefficient (Wildman–Crippen LogP) is 15.5. The summed E-state index contributed by atoms with van der Waals surface area (Å²) in [6.07, 6.45) is 63.7. The van der Waals surface area contributed by atoms with Crippen LogP contribution in [0, 0.1) is 0 Å². The Kier molecular flexibility index (Phi) is 45.3. The fraction of sp³-hybridized carbons (Fsp3) is 0.824. The van der Waals surface area contributed by atoms with Crippen LogP contribution in [0.3, 0.4) is 0 Å². The number of allylic oxidation sites excluding steroid dienone is 8. The molecule has 4 nitrogen and oxygen atoms in total. The monoisotopic (exact) mass is 770 g/mol. The molecule has 1 amide bonds. The van der Waals surface area contributed by atoms with Crippen molar-refractivity contribution in [2.75, 3.05) is 6.61 Å². The number of carbonyl (C=O) groups excluding carboxylic acids is 1. The Labute approximate surface area is 344 Å². The summed E-state index contributed by atoms with van der Waals surface area (Å²) in [5, 5.41) is 23.2. The second-order valence-electron chi connectivity index (χ2n) is 16.5. The highest BCUT2D eigenvalue weighted by atomic mass is 16.3. The number of carbonyl (C=O) groups is 1. The molecule has 0 spiro atoms. The van der Waals surface area contributed by atoms with Gasteiger partial charge in [0.15, 0.2) is 0 Å². The fourth-order valence-electron chi connectivity index (χ4n) is 7.41. The van der Waals surface area contributed by atoms with Gasteiger partial charge in [-0.2, -0.15) is 0 Å². The minimum Gasteiger partial charge on any atom is -0.394 e. The van der Waals surface area contributed by atoms with Crippen molar-refractivity contribution in [3.05, 3.63) is 48.6 Å². The van der Waals surface area contributed by atoms with Crippen LogP contribution in [0.4, 0.5) is 0 Å². The summed E-state index contributed by atoms with van der Waals surface area (Å²) in [7, 11) is 0. The molecule has 2 atom stereocenters. The maximum atomic E-state index is 12.4. The molecule has 0 aromatic carbocycles. The Morgan fingerprint density at radius 3 is 1.16 bits per heavy atom. The molecule has 4 heteroatoms. The first kappa shape index (κ1) is 53.4.